The summed E-state index contributed by atoms with van der Waals surface area (Å²) in [4.78, 5) is 2.94. The second-order valence-electron chi connectivity index (χ2n) is 4.02. The van der Waals surface area contributed by atoms with E-state index in [1.807, 2.05) is 11.5 Å². The van der Waals surface area contributed by atoms with Crippen molar-refractivity contribution in [2.45, 2.75) is 13.5 Å². The Bertz CT molecular complexity index is 678. The Labute approximate surface area is 118 Å². The van der Waals surface area contributed by atoms with Gasteiger partial charge < -0.3 is 14.3 Å². The topological polar surface area (TPSA) is 47.0 Å². The van der Waals surface area contributed by atoms with E-state index in [0.717, 1.165) is 5.52 Å². The summed E-state index contributed by atoms with van der Waals surface area (Å²) in [5.74, 6) is 0.882. The highest BCUT2D eigenvalue weighted by Gasteiger charge is 2.11. The molecular formula is C12H15FN2O2S2. The quantitative estimate of drug-likeness (QED) is 0.864. The molecule has 1 unspecified atom stereocenters. The lowest BCUT2D eigenvalue weighted by atomic mass is 10.3. The SMILES string of the molecule is CCS(=O)CCn1c(=S)[nH]c2cc(F)c(OC)cc21. The van der Waals surface area contributed by atoms with Crippen LogP contribution in [0.5, 0.6) is 5.75 Å². The van der Waals surface area contributed by atoms with Crippen LogP contribution >= 0.6 is 12.2 Å². The number of rotatable bonds is 5. The number of aryl methyl sites for hydroxylation is 1. The van der Waals surface area contributed by atoms with E-state index in [4.69, 9.17) is 17.0 Å². The number of methoxy groups -OCH3 is 1. The molecule has 0 aliphatic carbocycles. The summed E-state index contributed by atoms with van der Waals surface area (Å²) < 4.78 is 32.4. The Hall–Kier alpha value is -1.21. The standard InChI is InChI=1S/C12H15FN2O2S2/c1-3-19(16)5-4-15-10-7-11(17-2)8(13)6-9(10)14-12(15)18/h6-7H,3-5H2,1-2H3,(H,14,18). The molecule has 4 nitrogen and oxygen atoms in total. The molecule has 1 N–H and O–H groups in total. The number of fused-ring (bicyclic) bond motifs is 1. The number of aromatic amines is 1. The van der Waals surface area contributed by atoms with Gasteiger partial charge in [-0.05, 0) is 12.2 Å². The second-order valence-corrected chi connectivity index (χ2v) is 6.27. The molecule has 2 rings (SSSR count). The molecule has 0 spiro atoms. The zero-order chi connectivity index (χ0) is 14.0. The van der Waals surface area contributed by atoms with E-state index in [2.05, 4.69) is 4.98 Å². The maximum absolute atomic E-state index is 13.6. The van der Waals surface area contributed by atoms with Crippen LogP contribution in [0.2, 0.25) is 0 Å². The number of hydrogen-bond acceptors (Lipinski definition) is 3. The fraction of sp³-hybridized carbons (Fsp3) is 0.417. The first-order valence-corrected chi connectivity index (χ1v) is 7.77. The van der Waals surface area contributed by atoms with Crippen LogP contribution in [0.1, 0.15) is 6.92 Å². The van der Waals surface area contributed by atoms with Crippen molar-refractivity contribution in [3.63, 3.8) is 0 Å². The third-order valence-corrected chi connectivity index (χ3v) is 4.52. The zero-order valence-corrected chi connectivity index (χ0v) is 12.4. The van der Waals surface area contributed by atoms with Crippen LogP contribution in [0.15, 0.2) is 12.1 Å². The van der Waals surface area contributed by atoms with E-state index in [-0.39, 0.29) is 5.75 Å². The highest BCUT2D eigenvalue weighted by molar-refractivity contribution is 7.84. The highest BCUT2D eigenvalue weighted by atomic mass is 32.2. The molecule has 1 aromatic carbocycles. The number of imidazole rings is 1. The van der Waals surface area contributed by atoms with Gasteiger partial charge in [0.05, 0.1) is 18.1 Å². The molecule has 1 aromatic heterocycles. The van der Waals surface area contributed by atoms with Crippen LogP contribution < -0.4 is 4.74 Å². The maximum atomic E-state index is 13.6. The number of benzene rings is 1. The molecule has 0 aliphatic rings. The molecule has 2 aromatic rings. The predicted molar refractivity (Wildman–Crippen MR) is 77.2 cm³/mol. The molecule has 104 valence electrons. The minimum Gasteiger partial charge on any atom is -0.494 e. The minimum absolute atomic E-state index is 0.173. The van der Waals surface area contributed by atoms with Crippen molar-refractivity contribution in [2.75, 3.05) is 18.6 Å². The second kappa shape index (κ2) is 5.83. The van der Waals surface area contributed by atoms with Crippen molar-refractivity contribution in [3.05, 3.63) is 22.7 Å². The molecule has 0 radical (unpaired) electrons. The summed E-state index contributed by atoms with van der Waals surface area (Å²) in [5.41, 5.74) is 1.38. The number of nitrogens with zero attached hydrogens (tertiary/aromatic N) is 1. The average molecular weight is 302 g/mol. The fourth-order valence-corrected chi connectivity index (χ4v) is 2.85. The summed E-state index contributed by atoms with van der Waals surface area (Å²) in [6.45, 7) is 2.41. The molecule has 1 heterocycles. The highest BCUT2D eigenvalue weighted by Crippen LogP contribution is 2.24. The normalized spacial score (nSPS) is 12.8. The molecule has 0 amide bonds. The third kappa shape index (κ3) is 2.87. The molecule has 0 saturated heterocycles. The Balaban J connectivity index is 2.45. The zero-order valence-electron chi connectivity index (χ0n) is 10.7. The van der Waals surface area contributed by atoms with Crippen LogP contribution in [-0.2, 0) is 17.3 Å². The first-order chi connectivity index (χ1) is 9.06. The van der Waals surface area contributed by atoms with Crippen LogP contribution in [0.25, 0.3) is 11.0 Å². The molecule has 0 bridgehead atoms. The fourth-order valence-electron chi connectivity index (χ4n) is 1.87. The minimum atomic E-state index is -0.861. The van der Waals surface area contributed by atoms with E-state index in [0.29, 0.717) is 28.3 Å². The number of hydrogen-bond donors (Lipinski definition) is 1. The molecule has 19 heavy (non-hydrogen) atoms. The molecule has 7 heteroatoms. The number of ether oxygens (including phenoxy) is 1. The van der Waals surface area contributed by atoms with Crippen molar-refractivity contribution >= 4 is 34.1 Å². The van der Waals surface area contributed by atoms with Crippen LogP contribution in [0.3, 0.4) is 0 Å². The van der Waals surface area contributed by atoms with Gasteiger partial charge in [-0.25, -0.2) is 4.39 Å². The summed E-state index contributed by atoms with van der Waals surface area (Å²) in [5, 5.41) is 0. The largest absolute Gasteiger partial charge is 0.494 e. The summed E-state index contributed by atoms with van der Waals surface area (Å²) in [7, 11) is 0.558. The molecule has 0 aliphatic heterocycles. The van der Waals surface area contributed by atoms with Crippen molar-refractivity contribution in [2.24, 2.45) is 0 Å². The van der Waals surface area contributed by atoms with E-state index in [1.54, 1.807) is 6.07 Å². The lowest BCUT2D eigenvalue weighted by Gasteiger charge is -2.06. The lowest BCUT2D eigenvalue weighted by Crippen LogP contribution is -2.09. The van der Waals surface area contributed by atoms with Gasteiger partial charge in [-0.1, -0.05) is 6.92 Å². The molecule has 0 saturated carbocycles. The van der Waals surface area contributed by atoms with E-state index < -0.39 is 16.6 Å². The van der Waals surface area contributed by atoms with Crippen LogP contribution in [0, 0.1) is 10.6 Å². The van der Waals surface area contributed by atoms with Gasteiger partial charge in [-0.3, -0.25) is 4.21 Å². The van der Waals surface area contributed by atoms with Crippen molar-refractivity contribution in [1.82, 2.24) is 9.55 Å². The predicted octanol–water partition coefficient (Wildman–Crippen LogP) is 2.62. The Morgan fingerprint density at radius 3 is 2.89 bits per heavy atom. The van der Waals surface area contributed by atoms with E-state index in [9.17, 15) is 8.60 Å². The van der Waals surface area contributed by atoms with Gasteiger partial charge in [0.2, 0.25) is 0 Å². The van der Waals surface area contributed by atoms with Gasteiger partial charge in [0, 0.05) is 41.0 Å². The smallest absolute Gasteiger partial charge is 0.178 e. The van der Waals surface area contributed by atoms with E-state index >= 15 is 0 Å². The number of nitrogens with one attached hydrogen (secondary N) is 1. The van der Waals surface area contributed by atoms with Crippen molar-refractivity contribution in [1.29, 1.82) is 0 Å². The van der Waals surface area contributed by atoms with Crippen LogP contribution in [-0.4, -0.2) is 32.4 Å². The van der Waals surface area contributed by atoms with Gasteiger partial charge in [-0.15, -0.1) is 0 Å². The van der Waals surface area contributed by atoms with Gasteiger partial charge in [0.25, 0.3) is 0 Å². The van der Waals surface area contributed by atoms with Crippen molar-refractivity contribution < 1.29 is 13.3 Å². The lowest BCUT2D eigenvalue weighted by molar-refractivity contribution is 0.387. The Kier molecular flexibility index (Phi) is 4.36. The van der Waals surface area contributed by atoms with E-state index in [1.165, 1.54) is 13.2 Å². The molecular weight excluding hydrogens is 287 g/mol. The summed E-state index contributed by atoms with van der Waals surface area (Å²) in [6.07, 6.45) is 0. The Morgan fingerprint density at radius 2 is 2.26 bits per heavy atom. The third-order valence-electron chi connectivity index (χ3n) is 2.91. The van der Waals surface area contributed by atoms with Gasteiger partial charge >= 0.3 is 0 Å². The summed E-state index contributed by atoms with van der Waals surface area (Å²) in [6, 6.07) is 2.96. The number of H-pyrrole nitrogens is 1. The average Bonchev–Trinajstić information content (AvgIpc) is 2.69. The summed E-state index contributed by atoms with van der Waals surface area (Å²) >= 11 is 5.21. The maximum Gasteiger partial charge on any atom is 0.178 e. The van der Waals surface area contributed by atoms with Gasteiger partial charge in [0.15, 0.2) is 16.3 Å². The van der Waals surface area contributed by atoms with Gasteiger partial charge in [-0.2, -0.15) is 0 Å². The first-order valence-electron chi connectivity index (χ1n) is 5.87. The van der Waals surface area contributed by atoms with Gasteiger partial charge in [0.1, 0.15) is 0 Å². The number of aromatic nitrogens is 2. The number of halogens is 1. The monoisotopic (exact) mass is 302 g/mol. The van der Waals surface area contributed by atoms with Crippen LogP contribution in [0.4, 0.5) is 4.39 Å². The Morgan fingerprint density at radius 1 is 1.53 bits per heavy atom. The molecule has 1 atom stereocenters. The van der Waals surface area contributed by atoms with Crippen molar-refractivity contribution in [3.8, 4) is 5.75 Å². The molecule has 0 fully saturated rings. The first kappa shape index (κ1) is 14.2.